The molecule has 2 unspecified atom stereocenters. The number of aromatic nitrogens is 3. The van der Waals surface area contributed by atoms with Crippen LogP contribution in [0.2, 0.25) is 0 Å². The largest absolute Gasteiger partial charge is 0.326 e. The van der Waals surface area contributed by atoms with Gasteiger partial charge in [0.2, 0.25) is 0 Å². The van der Waals surface area contributed by atoms with Gasteiger partial charge in [0.25, 0.3) is 0 Å². The lowest BCUT2D eigenvalue weighted by Crippen LogP contribution is -2.05. The summed E-state index contributed by atoms with van der Waals surface area (Å²) in [5, 5.41) is 1.17. The molecule has 2 atom stereocenters. The van der Waals surface area contributed by atoms with Crippen LogP contribution in [-0.2, 0) is 12.4 Å². The Labute approximate surface area is 122 Å². The van der Waals surface area contributed by atoms with Crippen LogP contribution in [0.5, 0.6) is 0 Å². The van der Waals surface area contributed by atoms with E-state index in [1.165, 1.54) is 17.3 Å². The fourth-order valence-electron chi connectivity index (χ4n) is 3.00. The summed E-state index contributed by atoms with van der Waals surface area (Å²) >= 11 is 6.09. The standard InChI is InChI=1S/C16H16ClN3/c1-10-6-11(10)9-20-15(7-17)19-14-8-18-13-5-3-2-4-12(13)16(14)20/h2-5,8,10-11H,6-7,9H2,1H3. The maximum atomic E-state index is 6.09. The van der Waals surface area contributed by atoms with E-state index in [1.807, 2.05) is 18.3 Å². The first-order chi connectivity index (χ1) is 9.78. The molecule has 20 heavy (non-hydrogen) atoms. The summed E-state index contributed by atoms with van der Waals surface area (Å²) in [6.07, 6.45) is 3.17. The molecule has 102 valence electrons. The van der Waals surface area contributed by atoms with Crippen molar-refractivity contribution in [2.24, 2.45) is 11.8 Å². The number of nitrogens with zero attached hydrogens (tertiary/aromatic N) is 3. The van der Waals surface area contributed by atoms with Gasteiger partial charge in [-0.05, 0) is 24.3 Å². The van der Waals surface area contributed by atoms with Crippen molar-refractivity contribution < 1.29 is 0 Å². The Kier molecular flexibility index (Phi) is 2.71. The Balaban J connectivity index is 1.99. The first kappa shape index (κ1) is 12.2. The van der Waals surface area contributed by atoms with Crippen LogP contribution in [0.15, 0.2) is 30.5 Å². The average molecular weight is 286 g/mol. The van der Waals surface area contributed by atoms with E-state index < -0.39 is 0 Å². The van der Waals surface area contributed by atoms with Gasteiger partial charge in [-0.15, -0.1) is 11.6 Å². The molecule has 0 bridgehead atoms. The van der Waals surface area contributed by atoms with Gasteiger partial charge in [-0.3, -0.25) is 4.98 Å². The Morgan fingerprint density at radius 3 is 2.85 bits per heavy atom. The fraction of sp³-hybridized carbons (Fsp3) is 0.375. The zero-order valence-electron chi connectivity index (χ0n) is 11.4. The molecule has 1 aliphatic carbocycles. The number of para-hydroxylation sites is 1. The number of rotatable bonds is 3. The van der Waals surface area contributed by atoms with Crippen molar-refractivity contribution in [1.29, 1.82) is 0 Å². The topological polar surface area (TPSA) is 30.7 Å². The van der Waals surface area contributed by atoms with Crippen molar-refractivity contribution >= 4 is 33.5 Å². The monoisotopic (exact) mass is 285 g/mol. The number of benzene rings is 1. The van der Waals surface area contributed by atoms with E-state index in [9.17, 15) is 0 Å². The SMILES string of the molecule is CC1CC1Cn1c(CCl)nc2cnc3ccccc3c21. The highest BCUT2D eigenvalue weighted by atomic mass is 35.5. The molecule has 1 fully saturated rings. The van der Waals surface area contributed by atoms with Crippen LogP contribution >= 0.6 is 11.6 Å². The third kappa shape index (κ3) is 1.80. The van der Waals surface area contributed by atoms with Gasteiger partial charge in [0.05, 0.1) is 23.1 Å². The zero-order chi connectivity index (χ0) is 13.7. The summed E-state index contributed by atoms with van der Waals surface area (Å²) in [7, 11) is 0. The maximum Gasteiger partial charge on any atom is 0.124 e. The van der Waals surface area contributed by atoms with Crippen molar-refractivity contribution in [3.05, 3.63) is 36.3 Å². The van der Waals surface area contributed by atoms with Crippen molar-refractivity contribution in [3.63, 3.8) is 0 Å². The molecule has 1 aliphatic rings. The lowest BCUT2D eigenvalue weighted by molar-refractivity contribution is 0.592. The summed E-state index contributed by atoms with van der Waals surface area (Å²) in [4.78, 5) is 9.14. The average Bonchev–Trinajstić information content (AvgIpc) is 3.05. The molecule has 0 spiro atoms. The molecular formula is C16H16ClN3. The summed E-state index contributed by atoms with van der Waals surface area (Å²) in [5.74, 6) is 2.99. The lowest BCUT2D eigenvalue weighted by Gasteiger charge is -2.08. The zero-order valence-corrected chi connectivity index (χ0v) is 12.1. The number of fused-ring (bicyclic) bond motifs is 3. The molecule has 4 heteroatoms. The highest BCUT2D eigenvalue weighted by Gasteiger charge is 2.33. The minimum Gasteiger partial charge on any atom is -0.326 e. The van der Waals surface area contributed by atoms with Crippen LogP contribution in [0.25, 0.3) is 21.9 Å². The number of alkyl halides is 1. The highest BCUT2D eigenvalue weighted by Crippen LogP contribution is 2.40. The molecule has 3 nitrogen and oxygen atoms in total. The van der Waals surface area contributed by atoms with Crippen molar-refractivity contribution in [3.8, 4) is 0 Å². The molecule has 1 aromatic carbocycles. The number of pyridine rings is 1. The van der Waals surface area contributed by atoms with Crippen molar-refractivity contribution in [2.45, 2.75) is 25.8 Å². The summed E-state index contributed by atoms with van der Waals surface area (Å²) in [5.41, 5.74) is 3.16. The van der Waals surface area contributed by atoms with E-state index in [0.29, 0.717) is 5.88 Å². The van der Waals surface area contributed by atoms with Gasteiger partial charge in [0, 0.05) is 11.9 Å². The van der Waals surface area contributed by atoms with E-state index in [1.54, 1.807) is 0 Å². The van der Waals surface area contributed by atoms with E-state index in [2.05, 4.69) is 33.6 Å². The van der Waals surface area contributed by atoms with E-state index in [4.69, 9.17) is 11.6 Å². The Hall–Kier alpha value is -1.61. The predicted octanol–water partition coefficient (Wildman–Crippen LogP) is 3.98. The van der Waals surface area contributed by atoms with E-state index in [-0.39, 0.29) is 0 Å². The number of hydrogen-bond donors (Lipinski definition) is 0. The third-order valence-electron chi connectivity index (χ3n) is 4.37. The predicted molar refractivity (Wildman–Crippen MR) is 81.9 cm³/mol. The van der Waals surface area contributed by atoms with Gasteiger partial charge in [-0.25, -0.2) is 4.98 Å². The van der Waals surface area contributed by atoms with Crippen LogP contribution in [0.3, 0.4) is 0 Å². The van der Waals surface area contributed by atoms with Gasteiger partial charge in [-0.1, -0.05) is 25.1 Å². The molecule has 0 radical (unpaired) electrons. The minimum absolute atomic E-state index is 0.449. The number of hydrogen-bond acceptors (Lipinski definition) is 2. The maximum absolute atomic E-state index is 6.09. The molecular weight excluding hydrogens is 270 g/mol. The molecule has 0 aliphatic heterocycles. The van der Waals surface area contributed by atoms with Crippen molar-refractivity contribution in [2.75, 3.05) is 0 Å². The highest BCUT2D eigenvalue weighted by molar-refractivity contribution is 6.17. The van der Waals surface area contributed by atoms with Crippen molar-refractivity contribution in [1.82, 2.24) is 14.5 Å². The smallest absolute Gasteiger partial charge is 0.124 e. The van der Waals surface area contributed by atoms with Crippen LogP contribution in [0.4, 0.5) is 0 Å². The summed E-state index contributed by atoms with van der Waals surface area (Å²) in [6.45, 7) is 3.33. The fourth-order valence-corrected chi connectivity index (χ4v) is 3.20. The molecule has 1 saturated carbocycles. The minimum atomic E-state index is 0.449. The second-order valence-electron chi connectivity index (χ2n) is 5.75. The third-order valence-corrected chi connectivity index (χ3v) is 4.61. The molecule has 4 rings (SSSR count). The van der Waals surface area contributed by atoms with E-state index >= 15 is 0 Å². The first-order valence-electron chi connectivity index (χ1n) is 7.06. The normalized spacial score (nSPS) is 21.7. The van der Waals surface area contributed by atoms with Crippen LogP contribution in [0.1, 0.15) is 19.2 Å². The number of halogens is 1. The van der Waals surface area contributed by atoms with Gasteiger partial charge < -0.3 is 4.57 Å². The van der Waals surface area contributed by atoms with Crippen LogP contribution in [-0.4, -0.2) is 14.5 Å². The first-order valence-corrected chi connectivity index (χ1v) is 7.60. The van der Waals surface area contributed by atoms with Crippen LogP contribution in [0, 0.1) is 11.8 Å². The lowest BCUT2D eigenvalue weighted by atomic mass is 10.2. The van der Waals surface area contributed by atoms with Gasteiger partial charge in [-0.2, -0.15) is 0 Å². The second-order valence-corrected chi connectivity index (χ2v) is 6.02. The van der Waals surface area contributed by atoms with E-state index in [0.717, 1.165) is 35.2 Å². The van der Waals surface area contributed by atoms with Gasteiger partial charge in [0.1, 0.15) is 11.3 Å². The molecule has 2 aromatic heterocycles. The van der Waals surface area contributed by atoms with Crippen LogP contribution < -0.4 is 0 Å². The quantitative estimate of drug-likeness (QED) is 0.682. The number of imidazole rings is 1. The molecule has 0 N–H and O–H groups in total. The van der Waals surface area contributed by atoms with Gasteiger partial charge in [0.15, 0.2) is 0 Å². The molecule has 0 amide bonds. The Morgan fingerprint density at radius 2 is 2.10 bits per heavy atom. The Morgan fingerprint density at radius 1 is 1.30 bits per heavy atom. The molecule has 3 aromatic rings. The van der Waals surface area contributed by atoms with Gasteiger partial charge >= 0.3 is 0 Å². The summed E-state index contributed by atoms with van der Waals surface area (Å²) < 4.78 is 2.31. The summed E-state index contributed by atoms with van der Waals surface area (Å²) in [6, 6.07) is 8.25. The molecule has 0 saturated heterocycles. The molecule has 2 heterocycles. The Bertz CT molecular complexity index is 793. The second kappa shape index (κ2) is 4.45.